The lowest BCUT2D eigenvalue weighted by molar-refractivity contribution is 0.358. The highest BCUT2D eigenvalue weighted by molar-refractivity contribution is 7.89. The van der Waals surface area contributed by atoms with Crippen LogP contribution >= 0.6 is 0 Å². The lowest BCUT2D eigenvalue weighted by Crippen LogP contribution is -2.34. The zero-order valence-corrected chi connectivity index (χ0v) is 14.6. The van der Waals surface area contributed by atoms with Crippen molar-refractivity contribution in [3.8, 4) is 5.69 Å². The van der Waals surface area contributed by atoms with Crippen molar-refractivity contribution in [3.63, 3.8) is 0 Å². The van der Waals surface area contributed by atoms with Crippen LogP contribution in [0.15, 0.2) is 36.7 Å². The Balaban J connectivity index is 1.58. The van der Waals surface area contributed by atoms with E-state index in [0.717, 1.165) is 24.3 Å². The third-order valence-corrected chi connectivity index (χ3v) is 5.74. The molecular weight excluding hydrogens is 326 g/mol. The number of hydrogen-bond donors (Lipinski definition) is 1. The van der Waals surface area contributed by atoms with Gasteiger partial charge in [-0.3, -0.25) is 0 Å². The Bertz CT molecular complexity index is 737. The lowest BCUT2D eigenvalue weighted by Gasteiger charge is -2.18. The van der Waals surface area contributed by atoms with Crippen LogP contribution in [0.3, 0.4) is 0 Å². The Morgan fingerprint density at radius 3 is 2.54 bits per heavy atom. The molecule has 1 aliphatic heterocycles. The molecule has 0 bridgehead atoms. The summed E-state index contributed by atoms with van der Waals surface area (Å²) < 4.78 is 29.0. The van der Waals surface area contributed by atoms with Crippen molar-refractivity contribution in [1.29, 1.82) is 0 Å². The number of aromatic nitrogens is 3. The Labute approximate surface area is 142 Å². The summed E-state index contributed by atoms with van der Waals surface area (Å²) in [5.74, 6) is 0.147. The number of sulfonamides is 1. The molecule has 0 saturated carbocycles. The normalized spacial score (nSPS) is 17.2. The van der Waals surface area contributed by atoms with Gasteiger partial charge in [0.15, 0.2) is 0 Å². The van der Waals surface area contributed by atoms with Crippen molar-refractivity contribution in [2.45, 2.75) is 25.8 Å². The third-order valence-electron chi connectivity index (χ3n) is 4.31. The minimum Gasteiger partial charge on any atom is -0.302 e. The topological polar surface area (TPSA) is 80.1 Å². The van der Waals surface area contributed by atoms with Crippen molar-refractivity contribution in [2.24, 2.45) is 0 Å². The third kappa shape index (κ3) is 4.40. The van der Waals surface area contributed by atoms with Crippen LogP contribution in [0, 0.1) is 0 Å². The molecule has 2 heterocycles. The van der Waals surface area contributed by atoms with E-state index in [-0.39, 0.29) is 11.8 Å². The first-order valence-electron chi connectivity index (χ1n) is 8.22. The predicted molar refractivity (Wildman–Crippen MR) is 92.4 cm³/mol. The van der Waals surface area contributed by atoms with Crippen molar-refractivity contribution < 1.29 is 8.42 Å². The van der Waals surface area contributed by atoms with Crippen molar-refractivity contribution in [1.82, 2.24) is 24.6 Å². The Morgan fingerprint density at radius 2 is 1.92 bits per heavy atom. The minimum absolute atomic E-state index is 0.147. The first kappa shape index (κ1) is 17.1. The van der Waals surface area contributed by atoms with E-state index in [1.165, 1.54) is 12.8 Å². The van der Waals surface area contributed by atoms with Crippen molar-refractivity contribution >= 4 is 10.0 Å². The number of hydrogen-bond acceptors (Lipinski definition) is 5. The fraction of sp³-hybridized carbons (Fsp3) is 0.500. The molecule has 0 unspecified atom stereocenters. The lowest BCUT2D eigenvalue weighted by atomic mass is 10.1. The largest absolute Gasteiger partial charge is 0.302 e. The highest BCUT2D eigenvalue weighted by atomic mass is 32.2. The molecule has 0 aliphatic carbocycles. The molecule has 7 nitrogen and oxygen atoms in total. The van der Waals surface area contributed by atoms with Gasteiger partial charge in [-0.25, -0.2) is 17.8 Å². The molecule has 3 rings (SSSR count). The number of likely N-dealkylation sites (tertiary alicyclic amines) is 1. The Kier molecular flexibility index (Phi) is 5.27. The molecule has 1 fully saturated rings. The molecule has 1 aliphatic rings. The van der Waals surface area contributed by atoms with Gasteiger partial charge in [-0.15, -0.1) is 5.10 Å². The highest BCUT2D eigenvalue weighted by Gasteiger charge is 2.19. The summed E-state index contributed by atoms with van der Waals surface area (Å²) >= 11 is 0. The fourth-order valence-corrected chi connectivity index (χ4v) is 4.20. The van der Waals surface area contributed by atoms with E-state index in [2.05, 4.69) is 19.9 Å². The summed E-state index contributed by atoms with van der Waals surface area (Å²) in [4.78, 5) is 2.21. The van der Waals surface area contributed by atoms with Gasteiger partial charge < -0.3 is 4.90 Å². The van der Waals surface area contributed by atoms with Crippen LogP contribution in [0.4, 0.5) is 0 Å². The van der Waals surface area contributed by atoms with E-state index < -0.39 is 10.0 Å². The number of rotatable bonds is 7. The maximum atomic E-state index is 12.3. The van der Waals surface area contributed by atoms with Gasteiger partial charge in [0, 0.05) is 12.6 Å². The molecule has 1 aromatic carbocycles. The number of nitrogens with zero attached hydrogens (tertiary/aromatic N) is 4. The van der Waals surface area contributed by atoms with Gasteiger partial charge in [-0.1, -0.05) is 17.3 Å². The molecule has 1 N–H and O–H groups in total. The Hall–Kier alpha value is -1.77. The molecule has 0 radical (unpaired) electrons. The zero-order chi connectivity index (χ0) is 17.0. The average molecular weight is 349 g/mol. The molecule has 0 spiro atoms. The van der Waals surface area contributed by atoms with Gasteiger partial charge in [0.1, 0.15) is 0 Å². The molecule has 1 saturated heterocycles. The first-order valence-corrected chi connectivity index (χ1v) is 9.88. The maximum absolute atomic E-state index is 12.3. The van der Waals surface area contributed by atoms with E-state index in [1.54, 1.807) is 17.1 Å². The van der Waals surface area contributed by atoms with E-state index in [9.17, 15) is 8.42 Å². The van der Waals surface area contributed by atoms with Crippen molar-refractivity contribution in [2.75, 3.05) is 25.4 Å². The highest BCUT2D eigenvalue weighted by Crippen LogP contribution is 2.16. The van der Waals surface area contributed by atoms with Gasteiger partial charge in [0.05, 0.1) is 23.8 Å². The molecule has 2 aromatic rings. The van der Waals surface area contributed by atoms with E-state index in [0.29, 0.717) is 6.54 Å². The van der Waals surface area contributed by atoms with E-state index in [1.807, 2.05) is 31.2 Å². The van der Waals surface area contributed by atoms with Crippen molar-refractivity contribution in [3.05, 3.63) is 42.2 Å². The van der Waals surface area contributed by atoms with Gasteiger partial charge in [0.25, 0.3) is 0 Å². The predicted octanol–water partition coefficient (Wildman–Crippen LogP) is 1.34. The van der Waals surface area contributed by atoms with Gasteiger partial charge in [-0.05, 0) is 50.6 Å². The summed E-state index contributed by atoms with van der Waals surface area (Å²) in [6.07, 6.45) is 5.72. The average Bonchev–Trinajstić information content (AvgIpc) is 3.26. The fourth-order valence-electron chi connectivity index (χ4n) is 2.91. The minimum atomic E-state index is -3.29. The summed E-state index contributed by atoms with van der Waals surface area (Å²) in [6.45, 7) is 4.48. The van der Waals surface area contributed by atoms with Crippen LogP contribution in [-0.2, 0) is 10.0 Å². The monoisotopic (exact) mass is 349 g/mol. The quantitative estimate of drug-likeness (QED) is 0.816. The number of nitrogens with one attached hydrogen (secondary N) is 1. The molecule has 130 valence electrons. The summed E-state index contributed by atoms with van der Waals surface area (Å²) in [7, 11) is -3.29. The molecule has 1 aromatic heterocycles. The number of benzene rings is 1. The summed E-state index contributed by atoms with van der Waals surface area (Å²) in [5, 5.41) is 7.71. The standard InChI is InChI=1S/C16H23N5O2S/c1-14(18-24(22,23)13-12-20-9-2-3-10-20)15-4-6-16(7-5-15)21-11-8-17-19-21/h4-8,11,14,18H,2-3,9-10,12-13H2,1H3/t14-/m1/s1. The second-order valence-corrected chi connectivity index (χ2v) is 8.02. The molecular formula is C16H23N5O2S. The van der Waals surface area contributed by atoms with Crippen LogP contribution in [0.25, 0.3) is 5.69 Å². The first-order chi connectivity index (χ1) is 11.5. The molecule has 0 amide bonds. The maximum Gasteiger partial charge on any atom is 0.213 e. The Morgan fingerprint density at radius 1 is 1.21 bits per heavy atom. The van der Waals surface area contributed by atoms with Crippen LogP contribution in [-0.4, -0.2) is 53.7 Å². The van der Waals surface area contributed by atoms with Gasteiger partial charge in [0.2, 0.25) is 10.0 Å². The second kappa shape index (κ2) is 7.42. The second-order valence-electron chi connectivity index (χ2n) is 6.15. The van der Waals surface area contributed by atoms with Crippen LogP contribution in [0.5, 0.6) is 0 Å². The molecule has 8 heteroatoms. The smallest absolute Gasteiger partial charge is 0.213 e. The van der Waals surface area contributed by atoms with E-state index in [4.69, 9.17) is 0 Å². The summed E-state index contributed by atoms with van der Waals surface area (Å²) in [6, 6.07) is 7.35. The summed E-state index contributed by atoms with van der Waals surface area (Å²) in [5.41, 5.74) is 1.81. The van der Waals surface area contributed by atoms with Gasteiger partial charge in [-0.2, -0.15) is 0 Å². The molecule has 1 atom stereocenters. The van der Waals surface area contributed by atoms with E-state index >= 15 is 0 Å². The van der Waals surface area contributed by atoms with Crippen LogP contribution in [0.2, 0.25) is 0 Å². The SMILES string of the molecule is C[C@@H](NS(=O)(=O)CCN1CCCC1)c1ccc(-n2ccnn2)cc1. The molecule has 24 heavy (non-hydrogen) atoms. The van der Waals surface area contributed by atoms with Gasteiger partial charge >= 0.3 is 0 Å². The zero-order valence-electron chi connectivity index (χ0n) is 13.8. The van der Waals surface area contributed by atoms with Crippen LogP contribution < -0.4 is 4.72 Å². The van der Waals surface area contributed by atoms with Crippen LogP contribution in [0.1, 0.15) is 31.4 Å².